The molecule has 0 saturated carbocycles. The smallest absolute Gasteiger partial charge is 0.303 e. The van der Waals surface area contributed by atoms with Crippen molar-refractivity contribution in [2.75, 3.05) is 0 Å². The van der Waals surface area contributed by atoms with Crippen LogP contribution < -0.4 is 0 Å². The first kappa shape index (κ1) is 9.92. The molecule has 1 N–H and O–H groups in total. The maximum absolute atomic E-state index is 12.9. The Bertz CT molecular complexity index is 310. The molecule has 0 radical (unpaired) electrons. The first-order chi connectivity index (χ1) is 6.11. The van der Waals surface area contributed by atoms with Crippen molar-refractivity contribution in [3.8, 4) is 0 Å². The Balaban J connectivity index is 2.81. The highest BCUT2D eigenvalue weighted by atomic mass is 35.5. The van der Waals surface area contributed by atoms with Gasteiger partial charge in [0.25, 0.3) is 0 Å². The van der Waals surface area contributed by atoms with E-state index in [1.165, 1.54) is 12.3 Å². The van der Waals surface area contributed by atoms with Crippen LogP contribution in [0.2, 0.25) is 5.02 Å². The highest BCUT2D eigenvalue weighted by Crippen LogP contribution is 2.18. The monoisotopic (exact) mass is 203 g/mol. The highest BCUT2D eigenvalue weighted by Gasteiger charge is 2.09. The minimum atomic E-state index is -0.987. The van der Waals surface area contributed by atoms with Gasteiger partial charge in [-0.3, -0.25) is 4.79 Å². The molecule has 1 rings (SSSR count). The number of aromatic nitrogens is 1. The summed E-state index contributed by atoms with van der Waals surface area (Å²) >= 11 is 5.64. The standard InChI is InChI=1S/C8H7ClFNO2/c9-6-3-4-11-8(10)5(6)1-2-7(12)13/h3-4H,1-2H2,(H,12,13). The summed E-state index contributed by atoms with van der Waals surface area (Å²) in [4.78, 5) is 13.6. The number of rotatable bonds is 3. The predicted octanol–water partition coefficient (Wildman–Crippen LogP) is 1.89. The number of carboxylic acids is 1. The first-order valence-corrected chi connectivity index (χ1v) is 3.99. The van der Waals surface area contributed by atoms with Crippen molar-refractivity contribution in [2.24, 2.45) is 0 Å². The van der Waals surface area contributed by atoms with E-state index in [0.29, 0.717) is 0 Å². The summed E-state index contributed by atoms with van der Waals surface area (Å²) in [5, 5.41) is 8.59. The molecule has 5 heteroatoms. The van der Waals surface area contributed by atoms with Gasteiger partial charge in [-0.05, 0) is 12.5 Å². The lowest BCUT2D eigenvalue weighted by Gasteiger charge is -2.01. The zero-order valence-corrected chi connectivity index (χ0v) is 7.38. The fourth-order valence-corrected chi connectivity index (χ4v) is 1.13. The van der Waals surface area contributed by atoms with Crippen LogP contribution in [0.25, 0.3) is 0 Å². The molecule has 0 aliphatic carbocycles. The molecule has 1 heterocycles. The van der Waals surface area contributed by atoms with Crippen LogP contribution in [0.1, 0.15) is 12.0 Å². The lowest BCUT2D eigenvalue weighted by Crippen LogP contribution is -2.01. The third-order valence-corrected chi connectivity index (χ3v) is 1.89. The Labute approximate surface area is 79.2 Å². The molecule has 0 fully saturated rings. The van der Waals surface area contributed by atoms with Crippen LogP contribution in [0.15, 0.2) is 12.3 Å². The normalized spacial score (nSPS) is 10.0. The molecule has 0 atom stereocenters. The van der Waals surface area contributed by atoms with Gasteiger partial charge in [-0.25, -0.2) is 4.98 Å². The number of hydrogen-bond donors (Lipinski definition) is 1. The van der Waals surface area contributed by atoms with Crippen LogP contribution in [0.4, 0.5) is 4.39 Å². The maximum atomic E-state index is 12.9. The lowest BCUT2D eigenvalue weighted by atomic mass is 10.1. The van der Waals surface area contributed by atoms with E-state index in [-0.39, 0.29) is 23.4 Å². The van der Waals surface area contributed by atoms with Crippen molar-refractivity contribution in [1.29, 1.82) is 0 Å². The number of carbonyl (C=O) groups is 1. The van der Waals surface area contributed by atoms with Gasteiger partial charge in [0, 0.05) is 23.2 Å². The molecule has 0 aliphatic rings. The van der Waals surface area contributed by atoms with Gasteiger partial charge in [0.2, 0.25) is 5.95 Å². The molecule has 0 aromatic carbocycles. The summed E-state index contributed by atoms with van der Waals surface area (Å²) in [6.45, 7) is 0. The van der Waals surface area contributed by atoms with E-state index in [2.05, 4.69) is 4.98 Å². The van der Waals surface area contributed by atoms with E-state index in [0.717, 1.165) is 0 Å². The largest absolute Gasteiger partial charge is 0.481 e. The summed E-state index contributed by atoms with van der Waals surface area (Å²) in [5.74, 6) is -1.69. The van der Waals surface area contributed by atoms with Gasteiger partial charge < -0.3 is 5.11 Å². The predicted molar refractivity (Wildman–Crippen MR) is 45.2 cm³/mol. The van der Waals surface area contributed by atoms with E-state index in [1.54, 1.807) is 0 Å². The molecule has 13 heavy (non-hydrogen) atoms. The zero-order chi connectivity index (χ0) is 9.84. The Hall–Kier alpha value is -1.16. The van der Waals surface area contributed by atoms with Crippen LogP contribution in [-0.4, -0.2) is 16.1 Å². The van der Waals surface area contributed by atoms with Gasteiger partial charge in [0.15, 0.2) is 0 Å². The Morgan fingerprint density at radius 2 is 2.38 bits per heavy atom. The summed E-state index contributed by atoms with van der Waals surface area (Å²) in [6.07, 6.45) is 1.15. The summed E-state index contributed by atoms with van der Waals surface area (Å²) in [5.41, 5.74) is 0.159. The molecule has 0 spiro atoms. The van der Waals surface area contributed by atoms with E-state index >= 15 is 0 Å². The van der Waals surface area contributed by atoms with Crippen molar-refractivity contribution in [3.63, 3.8) is 0 Å². The van der Waals surface area contributed by atoms with Crippen molar-refractivity contribution >= 4 is 17.6 Å². The lowest BCUT2D eigenvalue weighted by molar-refractivity contribution is -0.136. The Morgan fingerprint density at radius 1 is 1.69 bits per heavy atom. The van der Waals surface area contributed by atoms with Gasteiger partial charge >= 0.3 is 5.97 Å². The average Bonchev–Trinajstić information content (AvgIpc) is 2.03. The van der Waals surface area contributed by atoms with Gasteiger partial charge in [-0.1, -0.05) is 11.6 Å². The van der Waals surface area contributed by atoms with E-state index in [9.17, 15) is 9.18 Å². The number of halogens is 2. The molecule has 70 valence electrons. The number of hydrogen-bond acceptors (Lipinski definition) is 2. The van der Waals surface area contributed by atoms with Crippen molar-refractivity contribution in [1.82, 2.24) is 4.98 Å². The third kappa shape index (κ3) is 2.66. The van der Waals surface area contributed by atoms with Crippen molar-refractivity contribution < 1.29 is 14.3 Å². The average molecular weight is 204 g/mol. The van der Waals surface area contributed by atoms with Crippen molar-refractivity contribution in [2.45, 2.75) is 12.8 Å². The van der Waals surface area contributed by atoms with Crippen LogP contribution in [0.5, 0.6) is 0 Å². The molecule has 1 aromatic heterocycles. The third-order valence-electron chi connectivity index (χ3n) is 1.53. The van der Waals surface area contributed by atoms with Gasteiger partial charge in [-0.2, -0.15) is 4.39 Å². The molecule has 0 aliphatic heterocycles. The Kier molecular flexibility index (Phi) is 3.19. The van der Waals surface area contributed by atoms with Crippen LogP contribution in [0, 0.1) is 5.95 Å². The van der Waals surface area contributed by atoms with Gasteiger partial charge in [0.05, 0.1) is 0 Å². The summed E-state index contributed by atoms with van der Waals surface area (Å²) < 4.78 is 12.9. The topological polar surface area (TPSA) is 50.2 Å². The Morgan fingerprint density at radius 3 is 2.92 bits per heavy atom. The van der Waals surface area contributed by atoms with Gasteiger partial charge in [0.1, 0.15) is 0 Å². The molecular formula is C8H7ClFNO2. The van der Waals surface area contributed by atoms with E-state index < -0.39 is 11.9 Å². The summed E-state index contributed by atoms with van der Waals surface area (Å²) in [7, 11) is 0. The number of aliphatic carboxylic acids is 1. The quantitative estimate of drug-likeness (QED) is 0.764. The number of nitrogens with zero attached hydrogens (tertiary/aromatic N) is 1. The SMILES string of the molecule is O=C(O)CCc1c(Cl)ccnc1F. The maximum Gasteiger partial charge on any atom is 0.303 e. The number of carboxylic acid groups (broad SMARTS) is 1. The molecule has 3 nitrogen and oxygen atoms in total. The molecule has 0 saturated heterocycles. The second-order valence-corrected chi connectivity index (χ2v) is 2.86. The fraction of sp³-hybridized carbons (Fsp3) is 0.250. The second-order valence-electron chi connectivity index (χ2n) is 2.46. The molecular weight excluding hydrogens is 197 g/mol. The minimum absolute atomic E-state index is 0.0633. The first-order valence-electron chi connectivity index (χ1n) is 3.62. The second kappa shape index (κ2) is 4.18. The van der Waals surface area contributed by atoms with Crippen LogP contribution >= 0.6 is 11.6 Å². The van der Waals surface area contributed by atoms with E-state index in [4.69, 9.17) is 16.7 Å². The minimum Gasteiger partial charge on any atom is -0.481 e. The van der Waals surface area contributed by atoms with Crippen molar-refractivity contribution in [3.05, 3.63) is 28.8 Å². The van der Waals surface area contributed by atoms with Crippen LogP contribution in [0.3, 0.4) is 0 Å². The number of pyridine rings is 1. The molecule has 0 bridgehead atoms. The van der Waals surface area contributed by atoms with Gasteiger partial charge in [-0.15, -0.1) is 0 Å². The summed E-state index contributed by atoms with van der Waals surface area (Å²) in [6, 6.07) is 1.43. The fourth-order valence-electron chi connectivity index (χ4n) is 0.900. The molecule has 0 unspecified atom stereocenters. The molecule has 1 aromatic rings. The molecule has 0 amide bonds. The highest BCUT2D eigenvalue weighted by molar-refractivity contribution is 6.31. The van der Waals surface area contributed by atoms with Crippen LogP contribution in [-0.2, 0) is 11.2 Å². The van der Waals surface area contributed by atoms with E-state index in [1.807, 2.05) is 0 Å². The zero-order valence-electron chi connectivity index (χ0n) is 6.63.